The van der Waals surface area contributed by atoms with Crippen molar-refractivity contribution in [3.63, 3.8) is 0 Å². The van der Waals surface area contributed by atoms with Gasteiger partial charge in [0.1, 0.15) is 0 Å². The van der Waals surface area contributed by atoms with Crippen molar-refractivity contribution in [2.45, 2.75) is 25.4 Å². The Kier molecular flexibility index (Phi) is 6.83. The molecule has 23 heavy (non-hydrogen) atoms. The second-order valence-corrected chi connectivity index (χ2v) is 5.73. The summed E-state index contributed by atoms with van der Waals surface area (Å²) in [6.07, 6.45) is 2.73. The summed E-state index contributed by atoms with van der Waals surface area (Å²) in [5.74, 6) is -0.649. The lowest BCUT2D eigenvalue weighted by Gasteiger charge is -2.11. The van der Waals surface area contributed by atoms with E-state index in [1.807, 2.05) is 0 Å². The van der Waals surface area contributed by atoms with Crippen LogP contribution >= 0.6 is 11.6 Å². The van der Waals surface area contributed by atoms with E-state index in [9.17, 15) is 9.59 Å². The first kappa shape index (κ1) is 17.7. The predicted molar refractivity (Wildman–Crippen MR) is 87.9 cm³/mol. The van der Waals surface area contributed by atoms with Gasteiger partial charge in [0.15, 0.2) is 0 Å². The van der Waals surface area contributed by atoms with Crippen molar-refractivity contribution >= 4 is 29.2 Å². The van der Waals surface area contributed by atoms with Gasteiger partial charge in [-0.1, -0.05) is 11.6 Å². The molecule has 126 valence electrons. The lowest BCUT2D eigenvalue weighted by atomic mass is 10.2. The normalized spacial score (nSPS) is 17.0. The van der Waals surface area contributed by atoms with Crippen molar-refractivity contribution < 1.29 is 19.1 Å². The van der Waals surface area contributed by atoms with E-state index in [2.05, 4.69) is 15.4 Å². The molecule has 1 fully saturated rings. The standard InChI is InChI=1S/C16H21ClN2O4/c1-22-16(21)11-4-5-13(17)14(9-11)19-15(20)6-7-18-10-12-3-2-8-23-12/h4-5,9,12,18H,2-3,6-8,10H2,1H3,(H,19,20). The number of halogens is 1. The first-order valence-electron chi connectivity index (χ1n) is 7.60. The van der Waals surface area contributed by atoms with E-state index < -0.39 is 5.97 Å². The van der Waals surface area contributed by atoms with E-state index in [1.54, 1.807) is 12.1 Å². The molecule has 1 atom stereocenters. The zero-order chi connectivity index (χ0) is 16.7. The molecular weight excluding hydrogens is 320 g/mol. The summed E-state index contributed by atoms with van der Waals surface area (Å²) >= 11 is 6.04. The van der Waals surface area contributed by atoms with Crippen LogP contribution in [0.3, 0.4) is 0 Å². The number of hydrogen-bond acceptors (Lipinski definition) is 5. The summed E-state index contributed by atoms with van der Waals surface area (Å²) in [7, 11) is 1.30. The lowest BCUT2D eigenvalue weighted by molar-refractivity contribution is -0.116. The summed E-state index contributed by atoms with van der Waals surface area (Å²) in [5.41, 5.74) is 0.738. The van der Waals surface area contributed by atoms with Gasteiger partial charge < -0.3 is 20.1 Å². The van der Waals surface area contributed by atoms with Crippen LogP contribution in [0.2, 0.25) is 5.02 Å². The number of esters is 1. The molecule has 0 aromatic heterocycles. The van der Waals surface area contributed by atoms with Crippen LogP contribution in [0.5, 0.6) is 0 Å². The Balaban J connectivity index is 1.78. The van der Waals surface area contributed by atoms with Crippen molar-refractivity contribution in [2.24, 2.45) is 0 Å². The van der Waals surface area contributed by atoms with Gasteiger partial charge in [-0.3, -0.25) is 4.79 Å². The van der Waals surface area contributed by atoms with Crippen molar-refractivity contribution in [2.75, 3.05) is 32.1 Å². The Labute approximate surface area is 140 Å². The average Bonchev–Trinajstić information content (AvgIpc) is 3.06. The molecule has 1 heterocycles. The smallest absolute Gasteiger partial charge is 0.337 e. The summed E-state index contributed by atoms with van der Waals surface area (Å²) < 4.78 is 10.1. The second-order valence-electron chi connectivity index (χ2n) is 5.32. The number of amides is 1. The highest BCUT2D eigenvalue weighted by Crippen LogP contribution is 2.23. The van der Waals surface area contributed by atoms with E-state index >= 15 is 0 Å². The summed E-state index contributed by atoms with van der Waals surface area (Å²) in [6.45, 7) is 2.13. The zero-order valence-corrected chi connectivity index (χ0v) is 13.8. The fraction of sp³-hybridized carbons (Fsp3) is 0.500. The first-order valence-corrected chi connectivity index (χ1v) is 7.98. The topological polar surface area (TPSA) is 76.7 Å². The zero-order valence-electron chi connectivity index (χ0n) is 13.1. The highest BCUT2D eigenvalue weighted by Gasteiger charge is 2.15. The SMILES string of the molecule is COC(=O)c1ccc(Cl)c(NC(=O)CCNCC2CCCO2)c1. The molecule has 6 nitrogen and oxygen atoms in total. The Morgan fingerprint density at radius 3 is 2.96 bits per heavy atom. The molecule has 1 amide bonds. The minimum Gasteiger partial charge on any atom is -0.465 e. The maximum atomic E-state index is 12.0. The number of anilines is 1. The molecule has 7 heteroatoms. The van der Waals surface area contributed by atoms with Gasteiger partial charge in [0.2, 0.25) is 5.91 Å². The lowest BCUT2D eigenvalue weighted by Crippen LogP contribution is -2.29. The Hall–Kier alpha value is -1.63. The van der Waals surface area contributed by atoms with Crippen LogP contribution in [0.25, 0.3) is 0 Å². The fourth-order valence-corrected chi connectivity index (χ4v) is 2.51. The van der Waals surface area contributed by atoms with E-state index in [0.29, 0.717) is 29.2 Å². The van der Waals surface area contributed by atoms with Gasteiger partial charge in [-0.25, -0.2) is 4.79 Å². The third kappa shape index (κ3) is 5.49. The Morgan fingerprint density at radius 1 is 1.43 bits per heavy atom. The second kappa shape index (κ2) is 8.86. The number of ether oxygens (including phenoxy) is 2. The van der Waals surface area contributed by atoms with E-state index in [1.165, 1.54) is 13.2 Å². The minimum absolute atomic E-state index is 0.172. The molecule has 1 aliphatic heterocycles. The van der Waals surface area contributed by atoms with Crippen LogP contribution in [0.1, 0.15) is 29.6 Å². The Bertz CT molecular complexity index is 559. The van der Waals surface area contributed by atoms with Crippen LogP contribution in [0.4, 0.5) is 5.69 Å². The number of rotatable bonds is 7. The summed E-state index contributed by atoms with van der Waals surface area (Å²) in [4.78, 5) is 23.5. The fourth-order valence-electron chi connectivity index (χ4n) is 2.35. The van der Waals surface area contributed by atoms with Crippen molar-refractivity contribution in [3.05, 3.63) is 28.8 Å². The number of carbonyl (C=O) groups is 2. The highest BCUT2D eigenvalue weighted by molar-refractivity contribution is 6.33. The number of benzene rings is 1. The highest BCUT2D eigenvalue weighted by atomic mass is 35.5. The summed E-state index contributed by atoms with van der Waals surface area (Å²) in [6, 6.07) is 4.61. The molecule has 1 saturated heterocycles. The van der Waals surface area contributed by atoms with Gasteiger partial charge in [0, 0.05) is 26.1 Å². The van der Waals surface area contributed by atoms with Gasteiger partial charge in [-0.15, -0.1) is 0 Å². The molecule has 1 unspecified atom stereocenters. The molecular formula is C16H21ClN2O4. The predicted octanol–water partition coefficient (Wildman–Crippen LogP) is 2.22. The third-order valence-corrected chi connectivity index (χ3v) is 3.92. The number of hydrogen-bond donors (Lipinski definition) is 2. The van der Waals surface area contributed by atoms with Gasteiger partial charge in [0.05, 0.1) is 29.5 Å². The molecule has 0 spiro atoms. The van der Waals surface area contributed by atoms with Crippen molar-refractivity contribution in [1.82, 2.24) is 5.32 Å². The van der Waals surface area contributed by atoms with Crippen molar-refractivity contribution in [3.8, 4) is 0 Å². The minimum atomic E-state index is -0.476. The monoisotopic (exact) mass is 340 g/mol. The molecule has 0 bridgehead atoms. The van der Waals surface area contributed by atoms with Crippen molar-refractivity contribution in [1.29, 1.82) is 0 Å². The maximum Gasteiger partial charge on any atom is 0.337 e. The van der Waals surface area contributed by atoms with Gasteiger partial charge >= 0.3 is 5.97 Å². The molecule has 0 aliphatic carbocycles. The van der Waals surface area contributed by atoms with E-state index in [4.69, 9.17) is 16.3 Å². The molecule has 2 N–H and O–H groups in total. The van der Waals surface area contributed by atoms with Crippen LogP contribution in [-0.2, 0) is 14.3 Å². The third-order valence-electron chi connectivity index (χ3n) is 3.59. The summed E-state index contributed by atoms with van der Waals surface area (Å²) in [5, 5.41) is 6.29. The molecule has 1 aromatic carbocycles. The Morgan fingerprint density at radius 2 is 2.26 bits per heavy atom. The molecule has 2 rings (SSSR count). The van der Waals surface area contributed by atoms with Gasteiger partial charge in [-0.05, 0) is 31.0 Å². The van der Waals surface area contributed by atoms with Crippen LogP contribution in [-0.4, -0.2) is 44.8 Å². The quantitative estimate of drug-likeness (QED) is 0.588. The van der Waals surface area contributed by atoms with Gasteiger partial charge in [-0.2, -0.15) is 0 Å². The molecule has 1 aliphatic rings. The number of carbonyl (C=O) groups excluding carboxylic acids is 2. The van der Waals surface area contributed by atoms with Gasteiger partial charge in [0.25, 0.3) is 0 Å². The largest absolute Gasteiger partial charge is 0.465 e. The van der Waals surface area contributed by atoms with E-state index in [-0.39, 0.29) is 12.0 Å². The van der Waals surface area contributed by atoms with Crippen LogP contribution in [0, 0.1) is 0 Å². The molecule has 0 radical (unpaired) electrons. The molecule has 1 aromatic rings. The number of nitrogens with one attached hydrogen (secondary N) is 2. The van der Waals surface area contributed by atoms with E-state index in [0.717, 1.165) is 26.0 Å². The van der Waals surface area contributed by atoms with Crippen LogP contribution < -0.4 is 10.6 Å². The number of methoxy groups -OCH3 is 1. The molecule has 0 saturated carbocycles. The average molecular weight is 341 g/mol. The maximum absolute atomic E-state index is 12.0. The first-order chi connectivity index (χ1) is 11.1. The van der Waals surface area contributed by atoms with Crippen LogP contribution in [0.15, 0.2) is 18.2 Å².